The van der Waals surface area contributed by atoms with Gasteiger partial charge in [0.2, 0.25) is 0 Å². The Balaban J connectivity index is 1.99. The fourth-order valence-electron chi connectivity index (χ4n) is 2.71. The maximum Gasteiger partial charge on any atom is 0.101 e. The number of nitrogens with zero attached hydrogens (tertiary/aromatic N) is 2. The molecule has 0 saturated carbocycles. The highest BCUT2D eigenvalue weighted by atomic mass is 16.5. The van der Waals surface area contributed by atoms with E-state index in [9.17, 15) is 0 Å². The Hall–Kier alpha value is -2.13. The summed E-state index contributed by atoms with van der Waals surface area (Å²) in [6.07, 6.45) is 6.90. The van der Waals surface area contributed by atoms with Gasteiger partial charge in [0.15, 0.2) is 0 Å². The molecule has 2 unspecified atom stereocenters. The summed E-state index contributed by atoms with van der Waals surface area (Å²) in [6.45, 7) is 5.06. The second-order valence-corrected chi connectivity index (χ2v) is 5.67. The van der Waals surface area contributed by atoms with Crippen LogP contribution in [0.2, 0.25) is 0 Å². The molecule has 0 fully saturated rings. The van der Waals surface area contributed by atoms with Crippen molar-refractivity contribution in [2.24, 2.45) is 0 Å². The van der Waals surface area contributed by atoms with E-state index in [1.807, 2.05) is 18.7 Å². The third kappa shape index (κ3) is 3.20. The molecule has 2 aromatic carbocycles. The number of hydrogen-bond donors (Lipinski definition) is 0. The molecule has 0 saturated heterocycles. The molecule has 0 N–H and O–H groups in total. The number of fused-ring (bicyclic) bond motifs is 1. The second-order valence-electron chi connectivity index (χ2n) is 5.67. The third-order valence-electron chi connectivity index (χ3n) is 4.08. The van der Waals surface area contributed by atoms with E-state index in [0.29, 0.717) is 0 Å². The number of benzene rings is 2. The lowest BCUT2D eigenvalue weighted by molar-refractivity contribution is -0.0136. The minimum absolute atomic E-state index is 0.0234. The van der Waals surface area contributed by atoms with Gasteiger partial charge in [0.1, 0.15) is 6.10 Å². The lowest BCUT2D eigenvalue weighted by Crippen LogP contribution is -2.17. The monoisotopic (exact) mass is 294 g/mol. The van der Waals surface area contributed by atoms with Crippen LogP contribution in [0, 0.1) is 0 Å². The molecule has 2 atom stereocenters. The van der Waals surface area contributed by atoms with Gasteiger partial charge in [-0.05, 0) is 29.7 Å². The van der Waals surface area contributed by atoms with Gasteiger partial charge in [0.25, 0.3) is 0 Å². The van der Waals surface area contributed by atoms with E-state index >= 15 is 0 Å². The van der Waals surface area contributed by atoms with Gasteiger partial charge in [0.05, 0.1) is 19.0 Å². The molecule has 1 aromatic heterocycles. The van der Waals surface area contributed by atoms with Crippen molar-refractivity contribution in [1.82, 2.24) is 9.55 Å². The molecule has 0 aliphatic rings. The van der Waals surface area contributed by atoms with Crippen molar-refractivity contribution in [3.05, 3.63) is 66.7 Å². The van der Waals surface area contributed by atoms with E-state index in [0.717, 1.165) is 13.0 Å². The van der Waals surface area contributed by atoms with E-state index < -0.39 is 0 Å². The molecule has 1 heterocycles. The first-order valence-corrected chi connectivity index (χ1v) is 7.86. The van der Waals surface area contributed by atoms with E-state index in [-0.39, 0.29) is 12.2 Å². The highest BCUT2D eigenvalue weighted by molar-refractivity contribution is 5.85. The summed E-state index contributed by atoms with van der Waals surface area (Å²) in [4.78, 5) is 4.14. The summed E-state index contributed by atoms with van der Waals surface area (Å²) >= 11 is 0. The fraction of sp³-hybridized carbons (Fsp3) is 0.316. The van der Waals surface area contributed by atoms with E-state index in [4.69, 9.17) is 4.74 Å². The first kappa shape index (κ1) is 14.8. The van der Waals surface area contributed by atoms with Gasteiger partial charge in [-0.15, -0.1) is 0 Å². The van der Waals surface area contributed by atoms with Crippen LogP contribution in [0.1, 0.15) is 31.9 Å². The Morgan fingerprint density at radius 1 is 1.14 bits per heavy atom. The van der Waals surface area contributed by atoms with Gasteiger partial charge in [-0.2, -0.15) is 0 Å². The molecular weight excluding hydrogens is 272 g/mol. The molecule has 0 amide bonds. The normalized spacial score (nSPS) is 14.1. The van der Waals surface area contributed by atoms with Gasteiger partial charge >= 0.3 is 0 Å². The van der Waals surface area contributed by atoms with Crippen molar-refractivity contribution in [3.8, 4) is 0 Å². The molecule has 22 heavy (non-hydrogen) atoms. The summed E-state index contributed by atoms with van der Waals surface area (Å²) in [5, 5.41) is 2.52. The summed E-state index contributed by atoms with van der Waals surface area (Å²) < 4.78 is 8.40. The quantitative estimate of drug-likeness (QED) is 0.664. The Morgan fingerprint density at radius 2 is 1.95 bits per heavy atom. The van der Waals surface area contributed by atoms with Crippen molar-refractivity contribution >= 4 is 10.8 Å². The lowest BCUT2D eigenvalue weighted by Gasteiger charge is -2.24. The summed E-state index contributed by atoms with van der Waals surface area (Å²) in [5.41, 5.74) is 1.24. The fourth-order valence-corrected chi connectivity index (χ4v) is 2.71. The minimum atomic E-state index is 0.0234. The average molecular weight is 294 g/mol. The Bertz CT molecular complexity index is 716. The van der Waals surface area contributed by atoms with Crippen molar-refractivity contribution in [2.45, 2.75) is 39.0 Å². The van der Waals surface area contributed by atoms with E-state index in [1.54, 1.807) is 0 Å². The van der Waals surface area contributed by atoms with Crippen LogP contribution in [0.5, 0.6) is 0 Å². The lowest BCUT2D eigenvalue weighted by atomic mass is 10.00. The third-order valence-corrected chi connectivity index (χ3v) is 4.08. The number of imidazole rings is 1. The maximum absolute atomic E-state index is 6.32. The number of rotatable bonds is 6. The molecule has 0 aliphatic heterocycles. The average Bonchev–Trinajstić information content (AvgIpc) is 3.06. The van der Waals surface area contributed by atoms with Crippen LogP contribution in [-0.4, -0.2) is 15.7 Å². The van der Waals surface area contributed by atoms with Crippen LogP contribution in [0.4, 0.5) is 0 Å². The molecule has 3 heteroatoms. The molecule has 0 radical (unpaired) electrons. The molecule has 0 bridgehead atoms. The smallest absolute Gasteiger partial charge is 0.101 e. The molecule has 3 rings (SSSR count). The van der Waals surface area contributed by atoms with Crippen LogP contribution >= 0.6 is 0 Å². The first-order chi connectivity index (χ1) is 10.8. The standard InChI is InChI=1S/C19H22N2O/c1-3-15(2)22-19(13-21-12-11-20-14-21)18-10-6-8-16-7-4-5-9-17(16)18/h4-12,14-15,19H,3,13H2,1-2H3. The maximum atomic E-state index is 6.32. The van der Waals surface area contributed by atoms with Crippen molar-refractivity contribution in [2.75, 3.05) is 0 Å². The molecule has 0 spiro atoms. The summed E-state index contributed by atoms with van der Waals surface area (Å²) in [7, 11) is 0. The van der Waals surface area contributed by atoms with Gasteiger partial charge < -0.3 is 9.30 Å². The van der Waals surface area contributed by atoms with Crippen molar-refractivity contribution in [1.29, 1.82) is 0 Å². The summed E-state index contributed by atoms with van der Waals surface area (Å²) in [6, 6.07) is 14.9. The highest BCUT2D eigenvalue weighted by Gasteiger charge is 2.18. The Morgan fingerprint density at radius 3 is 2.73 bits per heavy atom. The molecule has 114 valence electrons. The summed E-state index contributed by atoms with van der Waals surface area (Å²) in [5.74, 6) is 0. The molecule has 3 aromatic rings. The van der Waals surface area contributed by atoms with Crippen LogP contribution in [-0.2, 0) is 11.3 Å². The predicted octanol–water partition coefficient (Wildman–Crippen LogP) is 4.59. The zero-order chi connectivity index (χ0) is 15.4. The van der Waals surface area contributed by atoms with Crippen LogP contribution in [0.15, 0.2) is 61.2 Å². The van der Waals surface area contributed by atoms with E-state index in [1.165, 1.54) is 16.3 Å². The number of aromatic nitrogens is 2. The predicted molar refractivity (Wildman–Crippen MR) is 89.8 cm³/mol. The van der Waals surface area contributed by atoms with E-state index in [2.05, 4.69) is 65.9 Å². The van der Waals surface area contributed by atoms with Crippen molar-refractivity contribution in [3.63, 3.8) is 0 Å². The largest absolute Gasteiger partial charge is 0.369 e. The Kier molecular flexibility index (Phi) is 4.54. The number of hydrogen-bond acceptors (Lipinski definition) is 2. The SMILES string of the molecule is CCC(C)OC(Cn1ccnc1)c1cccc2ccccc12. The first-order valence-electron chi connectivity index (χ1n) is 7.86. The zero-order valence-corrected chi connectivity index (χ0v) is 13.1. The second kappa shape index (κ2) is 6.75. The van der Waals surface area contributed by atoms with Gasteiger partial charge in [-0.3, -0.25) is 0 Å². The van der Waals surface area contributed by atoms with Gasteiger partial charge in [-0.25, -0.2) is 4.98 Å². The topological polar surface area (TPSA) is 27.1 Å². The van der Waals surface area contributed by atoms with Crippen LogP contribution in [0.25, 0.3) is 10.8 Å². The minimum Gasteiger partial charge on any atom is -0.369 e. The molecule has 0 aliphatic carbocycles. The molecular formula is C19H22N2O. The number of ether oxygens (including phenoxy) is 1. The van der Waals surface area contributed by atoms with Crippen LogP contribution < -0.4 is 0 Å². The van der Waals surface area contributed by atoms with Gasteiger partial charge in [-0.1, -0.05) is 49.4 Å². The Labute approximate surface area is 131 Å². The van der Waals surface area contributed by atoms with Crippen LogP contribution in [0.3, 0.4) is 0 Å². The highest BCUT2D eigenvalue weighted by Crippen LogP contribution is 2.29. The zero-order valence-electron chi connectivity index (χ0n) is 13.1. The molecule has 3 nitrogen and oxygen atoms in total. The van der Waals surface area contributed by atoms with Gasteiger partial charge in [0, 0.05) is 12.4 Å². The van der Waals surface area contributed by atoms with Crippen molar-refractivity contribution < 1.29 is 4.74 Å².